The van der Waals surface area contributed by atoms with Crippen LogP contribution in [0.4, 0.5) is 8.78 Å². The van der Waals surface area contributed by atoms with Crippen molar-refractivity contribution in [3.05, 3.63) is 6.92 Å². The van der Waals surface area contributed by atoms with Crippen LogP contribution in [0.5, 0.6) is 0 Å². The van der Waals surface area contributed by atoms with E-state index in [1.54, 1.807) is 0 Å². The van der Waals surface area contributed by atoms with E-state index in [2.05, 4.69) is 6.92 Å². The Morgan fingerprint density at radius 1 is 1.40 bits per heavy atom. The molecule has 0 heterocycles. The Labute approximate surface area is 60.6 Å². The number of rotatable bonds is 1. The molecule has 1 fully saturated rings. The van der Waals surface area contributed by atoms with Crippen molar-refractivity contribution in [2.24, 2.45) is 5.92 Å². The van der Waals surface area contributed by atoms with Gasteiger partial charge in [-0.25, -0.2) is 8.78 Å². The second kappa shape index (κ2) is 2.85. The molecule has 0 aromatic carbocycles. The van der Waals surface area contributed by atoms with Crippen LogP contribution >= 0.6 is 0 Å². The molecule has 1 rings (SSSR count). The molecule has 0 saturated heterocycles. The highest BCUT2D eigenvalue weighted by Gasteiger charge is 2.39. The Morgan fingerprint density at radius 3 is 2.50 bits per heavy atom. The van der Waals surface area contributed by atoms with E-state index >= 15 is 0 Å². The normalized spacial score (nSPS) is 32.1. The first-order valence-corrected chi connectivity index (χ1v) is 3.84. The first-order chi connectivity index (χ1) is 4.67. The molecule has 10 heavy (non-hydrogen) atoms. The van der Waals surface area contributed by atoms with Crippen molar-refractivity contribution in [1.82, 2.24) is 0 Å². The Morgan fingerprint density at radius 2 is 2.10 bits per heavy atom. The third-order valence-electron chi connectivity index (χ3n) is 2.26. The van der Waals surface area contributed by atoms with E-state index in [9.17, 15) is 8.78 Å². The van der Waals surface area contributed by atoms with Gasteiger partial charge in [-0.15, -0.1) is 0 Å². The van der Waals surface area contributed by atoms with Gasteiger partial charge in [0.2, 0.25) is 0 Å². The highest BCUT2D eigenvalue weighted by molar-refractivity contribution is 4.81. The molecule has 2 heteroatoms. The van der Waals surface area contributed by atoms with E-state index < -0.39 is 11.8 Å². The maximum atomic E-state index is 12.8. The van der Waals surface area contributed by atoms with E-state index in [1.165, 1.54) is 0 Å². The minimum Gasteiger partial charge on any atom is -0.207 e. The Balaban J connectivity index is 2.51. The van der Waals surface area contributed by atoms with Crippen LogP contribution in [-0.2, 0) is 0 Å². The number of alkyl halides is 2. The van der Waals surface area contributed by atoms with Gasteiger partial charge in [-0.3, -0.25) is 0 Å². The lowest BCUT2D eigenvalue weighted by molar-refractivity contribution is -0.0843. The Hall–Kier alpha value is -0.140. The highest BCUT2D eigenvalue weighted by Crippen LogP contribution is 2.39. The van der Waals surface area contributed by atoms with Crippen LogP contribution in [0.2, 0.25) is 0 Å². The van der Waals surface area contributed by atoms with Crippen molar-refractivity contribution >= 4 is 0 Å². The van der Waals surface area contributed by atoms with E-state index in [0.29, 0.717) is 19.3 Å². The summed E-state index contributed by atoms with van der Waals surface area (Å²) in [6.07, 6.45) is 2.76. The van der Waals surface area contributed by atoms with Gasteiger partial charge < -0.3 is 0 Å². The lowest BCUT2D eigenvalue weighted by Gasteiger charge is -2.30. The van der Waals surface area contributed by atoms with Gasteiger partial charge in [-0.05, 0) is 19.3 Å². The molecule has 0 amide bonds. The Kier molecular flexibility index (Phi) is 2.27. The zero-order valence-electron chi connectivity index (χ0n) is 6.08. The molecule has 59 valence electrons. The topological polar surface area (TPSA) is 0 Å². The van der Waals surface area contributed by atoms with Crippen molar-refractivity contribution < 1.29 is 8.78 Å². The van der Waals surface area contributed by atoms with Crippen molar-refractivity contribution in [2.75, 3.05) is 0 Å². The number of hydrogen-bond donors (Lipinski definition) is 0. The lowest BCUT2D eigenvalue weighted by atomic mass is 9.84. The first kappa shape index (κ1) is 7.96. The molecule has 1 aliphatic carbocycles. The molecule has 1 saturated carbocycles. The summed E-state index contributed by atoms with van der Waals surface area (Å²) in [6.45, 7) is 3.52. The monoisotopic (exact) mass is 147 g/mol. The van der Waals surface area contributed by atoms with Gasteiger partial charge in [0.15, 0.2) is 0 Å². The van der Waals surface area contributed by atoms with E-state index in [-0.39, 0.29) is 6.42 Å². The van der Waals surface area contributed by atoms with Crippen LogP contribution in [0.3, 0.4) is 0 Å². The summed E-state index contributed by atoms with van der Waals surface area (Å²) in [5.74, 6) is -2.86. The minimum absolute atomic E-state index is 0.0766. The quantitative estimate of drug-likeness (QED) is 0.534. The van der Waals surface area contributed by atoms with Crippen molar-refractivity contribution in [2.45, 2.75) is 38.0 Å². The third-order valence-corrected chi connectivity index (χ3v) is 2.26. The molecule has 1 atom stereocenters. The fourth-order valence-corrected chi connectivity index (χ4v) is 1.52. The van der Waals surface area contributed by atoms with E-state index in [1.807, 2.05) is 0 Å². The van der Waals surface area contributed by atoms with E-state index in [0.717, 1.165) is 6.42 Å². The molecule has 1 aliphatic rings. The van der Waals surface area contributed by atoms with Gasteiger partial charge in [-0.1, -0.05) is 13.3 Å². The van der Waals surface area contributed by atoms with Crippen LogP contribution in [0.1, 0.15) is 32.1 Å². The molecule has 0 aliphatic heterocycles. The van der Waals surface area contributed by atoms with Gasteiger partial charge >= 0.3 is 0 Å². The van der Waals surface area contributed by atoms with Gasteiger partial charge in [-0.2, -0.15) is 0 Å². The summed E-state index contributed by atoms with van der Waals surface area (Å²) in [5, 5.41) is 0. The summed E-state index contributed by atoms with van der Waals surface area (Å²) >= 11 is 0. The summed E-state index contributed by atoms with van der Waals surface area (Å²) < 4.78 is 25.7. The van der Waals surface area contributed by atoms with Crippen LogP contribution < -0.4 is 0 Å². The molecule has 0 N–H and O–H groups in total. The van der Waals surface area contributed by atoms with Gasteiger partial charge in [0.05, 0.1) is 0 Å². The Bertz CT molecular complexity index is 110. The number of halogens is 2. The van der Waals surface area contributed by atoms with Gasteiger partial charge in [0, 0.05) is 12.3 Å². The SMILES string of the molecule is [CH2]CC1CCCCC1(F)F. The highest BCUT2D eigenvalue weighted by atomic mass is 19.3. The molecule has 0 bridgehead atoms. The summed E-state index contributed by atoms with van der Waals surface area (Å²) in [5.41, 5.74) is 0. The molecule has 1 unspecified atom stereocenters. The van der Waals surface area contributed by atoms with Crippen molar-refractivity contribution in [1.29, 1.82) is 0 Å². The average Bonchev–Trinajstić information content (AvgIpc) is 1.87. The lowest BCUT2D eigenvalue weighted by Crippen LogP contribution is -2.31. The van der Waals surface area contributed by atoms with Crippen molar-refractivity contribution in [3.8, 4) is 0 Å². The van der Waals surface area contributed by atoms with Gasteiger partial charge in [0.1, 0.15) is 0 Å². The third kappa shape index (κ3) is 1.47. The predicted octanol–water partition coefficient (Wildman–Crippen LogP) is 3.04. The largest absolute Gasteiger partial charge is 0.250 e. The number of hydrogen-bond acceptors (Lipinski definition) is 0. The molecule has 0 aromatic rings. The van der Waals surface area contributed by atoms with Crippen LogP contribution in [0.15, 0.2) is 0 Å². The second-order valence-corrected chi connectivity index (χ2v) is 2.99. The van der Waals surface area contributed by atoms with Gasteiger partial charge in [0.25, 0.3) is 5.92 Å². The second-order valence-electron chi connectivity index (χ2n) is 2.99. The summed E-state index contributed by atoms with van der Waals surface area (Å²) in [7, 11) is 0. The van der Waals surface area contributed by atoms with Crippen LogP contribution in [-0.4, -0.2) is 5.92 Å². The maximum absolute atomic E-state index is 12.8. The zero-order chi connectivity index (χ0) is 7.61. The maximum Gasteiger partial charge on any atom is 0.250 e. The standard InChI is InChI=1S/C8H13F2/c1-2-7-5-3-4-6-8(7,9)10/h7H,1-6H2. The first-order valence-electron chi connectivity index (χ1n) is 3.84. The molecule has 0 nitrogen and oxygen atoms in total. The van der Waals surface area contributed by atoms with E-state index in [4.69, 9.17) is 0 Å². The fraction of sp³-hybridized carbons (Fsp3) is 0.875. The minimum atomic E-state index is -2.42. The average molecular weight is 147 g/mol. The molecule has 0 spiro atoms. The summed E-state index contributed by atoms with van der Waals surface area (Å²) in [4.78, 5) is 0. The smallest absolute Gasteiger partial charge is 0.207 e. The molecular weight excluding hydrogens is 134 g/mol. The zero-order valence-corrected chi connectivity index (χ0v) is 6.08. The van der Waals surface area contributed by atoms with Crippen LogP contribution in [0.25, 0.3) is 0 Å². The fourth-order valence-electron chi connectivity index (χ4n) is 1.52. The molecule has 1 radical (unpaired) electrons. The predicted molar refractivity (Wildman–Crippen MR) is 36.9 cm³/mol. The molecule has 0 aromatic heterocycles. The van der Waals surface area contributed by atoms with Crippen LogP contribution in [0, 0.1) is 12.8 Å². The summed E-state index contributed by atoms with van der Waals surface area (Å²) in [6, 6.07) is 0. The van der Waals surface area contributed by atoms with Crippen molar-refractivity contribution in [3.63, 3.8) is 0 Å². The molecular formula is C8H13F2.